The number of aliphatic hydroxyl groups excluding tert-OH is 2. The predicted octanol–water partition coefficient (Wildman–Crippen LogP) is 0.477. The quantitative estimate of drug-likeness (QED) is 0.237. The lowest BCUT2D eigenvalue weighted by molar-refractivity contribution is 0.288. The van der Waals surface area contributed by atoms with E-state index in [0.29, 0.717) is 0 Å². The molecule has 0 saturated heterocycles. The molecule has 32 heavy (non-hydrogen) atoms. The maximum atomic E-state index is 9.35. The van der Waals surface area contributed by atoms with E-state index in [-0.39, 0.29) is 13.2 Å². The molecule has 1 aliphatic heterocycles. The van der Waals surface area contributed by atoms with Gasteiger partial charge in [0.2, 0.25) is 0 Å². The first-order valence-electron chi connectivity index (χ1n) is 11.1. The number of fused-ring (bicyclic) bond motifs is 8. The number of aryl methyl sites for hydroxylation is 2. The lowest BCUT2D eigenvalue weighted by atomic mass is 10.1. The van der Waals surface area contributed by atoms with E-state index in [9.17, 15) is 10.2 Å². The Balaban J connectivity index is 1.74. The monoisotopic (exact) mass is 428 g/mol. The molecule has 6 nitrogen and oxygen atoms in total. The van der Waals surface area contributed by atoms with Crippen LogP contribution < -0.4 is 21.4 Å². The molecule has 4 aromatic rings. The van der Waals surface area contributed by atoms with Gasteiger partial charge < -0.3 is 30.1 Å². The van der Waals surface area contributed by atoms with Crippen LogP contribution in [0.4, 0.5) is 0 Å². The second kappa shape index (κ2) is 8.94. The zero-order valence-corrected chi connectivity index (χ0v) is 17.9. The fourth-order valence-corrected chi connectivity index (χ4v) is 4.28. The molecule has 4 aromatic heterocycles. The molecule has 6 heteroatoms. The minimum absolute atomic E-state index is 0.167. The van der Waals surface area contributed by atoms with Crippen molar-refractivity contribution in [2.45, 2.75) is 25.7 Å². The Morgan fingerprint density at radius 2 is 1.22 bits per heavy atom. The minimum atomic E-state index is 0.167. The summed E-state index contributed by atoms with van der Waals surface area (Å²) < 4.78 is 0. The van der Waals surface area contributed by atoms with Gasteiger partial charge in [-0.1, -0.05) is 0 Å². The van der Waals surface area contributed by atoms with Crippen molar-refractivity contribution in [2.75, 3.05) is 13.2 Å². The van der Waals surface area contributed by atoms with Crippen molar-refractivity contribution in [1.82, 2.24) is 19.9 Å². The molecule has 5 heterocycles. The van der Waals surface area contributed by atoms with Gasteiger partial charge in [-0.3, -0.25) is 0 Å². The summed E-state index contributed by atoms with van der Waals surface area (Å²) in [6.07, 6.45) is 11.5. The molecular weight excluding hydrogens is 400 g/mol. The number of hydrogen-bond donors (Lipinski definition) is 6. The molecule has 0 spiro atoms. The van der Waals surface area contributed by atoms with Gasteiger partial charge in [0, 0.05) is 57.4 Å². The highest BCUT2D eigenvalue weighted by atomic mass is 16.3. The lowest BCUT2D eigenvalue weighted by Crippen LogP contribution is -2.13. The summed E-state index contributed by atoms with van der Waals surface area (Å²) in [5.41, 5.74) is 6.46. The van der Waals surface area contributed by atoms with Crippen molar-refractivity contribution in [1.29, 1.82) is 0 Å². The van der Waals surface area contributed by atoms with Crippen molar-refractivity contribution in [3.05, 3.63) is 91.7 Å². The Morgan fingerprint density at radius 1 is 0.562 bits per heavy atom. The summed E-state index contributed by atoms with van der Waals surface area (Å²) in [5.74, 6) is 0. The van der Waals surface area contributed by atoms with Crippen molar-refractivity contribution in [3.8, 4) is 0 Å². The highest BCUT2D eigenvalue weighted by molar-refractivity contribution is 5.58. The van der Waals surface area contributed by atoms with Gasteiger partial charge in [0.25, 0.3) is 0 Å². The molecule has 0 aromatic carbocycles. The van der Waals surface area contributed by atoms with Crippen molar-refractivity contribution in [2.24, 2.45) is 0 Å². The van der Waals surface area contributed by atoms with Crippen molar-refractivity contribution in [3.63, 3.8) is 0 Å². The van der Waals surface area contributed by atoms with E-state index in [1.807, 2.05) is 0 Å². The van der Waals surface area contributed by atoms with Crippen molar-refractivity contribution < 1.29 is 10.2 Å². The Hall–Kier alpha value is -3.48. The first-order chi connectivity index (χ1) is 15.7. The van der Waals surface area contributed by atoms with Crippen LogP contribution in [-0.2, 0) is 12.8 Å². The highest BCUT2D eigenvalue weighted by Gasteiger charge is 2.08. The number of aromatic amines is 4. The van der Waals surface area contributed by atoms with Crippen LogP contribution in [0.3, 0.4) is 0 Å². The van der Waals surface area contributed by atoms with Crippen LogP contribution >= 0.6 is 0 Å². The van der Waals surface area contributed by atoms with Gasteiger partial charge in [0.15, 0.2) is 0 Å². The third kappa shape index (κ3) is 4.42. The van der Waals surface area contributed by atoms with E-state index in [0.717, 1.165) is 69.9 Å². The Kier molecular flexibility index (Phi) is 5.71. The summed E-state index contributed by atoms with van der Waals surface area (Å²) in [7, 11) is 0. The zero-order chi connectivity index (χ0) is 21.9. The summed E-state index contributed by atoms with van der Waals surface area (Å²) in [5, 5.41) is 22.8. The molecule has 0 amide bonds. The van der Waals surface area contributed by atoms with Gasteiger partial charge in [-0.15, -0.1) is 0 Å². The molecular formula is C26H28N4O2. The fraction of sp³-hybridized carbons (Fsp3) is 0.231. The molecule has 0 aliphatic carbocycles. The average molecular weight is 429 g/mol. The number of aliphatic hydroxyl groups is 2. The van der Waals surface area contributed by atoms with Crippen LogP contribution in [0.25, 0.3) is 24.3 Å². The average Bonchev–Trinajstić information content (AvgIpc) is 3.55. The molecule has 0 unspecified atom stereocenters. The van der Waals surface area contributed by atoms with Crippen LogP contribution in [0.15, 0.2) is 36.4 Å². The molecule has 0 atom stereocenters. The SMILES string of the molecule is OCCCc1cc2[nH]c1C=c1[nH]c(cc1CCCO)=Cc1ccc([nH]1)C=c1ccc([nH]1)=C2. The maximum absolute atomic E-state index is 9.35. The van der Waals surface area contributed by atoms with E-state index < -0.39 is 0 Å². The Bertz CT molecular complexity index is 1460. The number of H-pyrrole nitrogens is 4. The minimum Gasteiger partial charge on any atom is -0.396 e. The normalized spacial score (nSPS) is 12.6. The molecule has 0 radical (unpaired) electrons. The van der Waals surface area contributed by atoms with E-state index in [4.69, 9.17) is 0 Å². The standard InChI is InChI=1S/C26H28N4O2/c31-9-1-3-17-11-23-14-21-7-5-19(27-21)13-20-6-8-22(28-20)15-24-12-18(4-2-10-32)26(30-24)16-25(17)29-23/h5-8,11-16,27-32H,1-4,9-10H2. The van der Waals surface area contributed by atoms with Crippen LogP contribution in [0.1, 0.15) is 46.7 Å². The second-order valence-electron chi connectivity index (χ2n) is 8.30. The lowest BCUT2D eigenvalue weighted by Gasteiger charge is -1.99. The molecule has 1 aliphatic rings. The Morgan fingerprint density at radius 3 is 1.94 bits per heavy atom. The van der Waals surface area contributed by atoms with E-state index in [1.165, 1.54) is 11.1 Å². The summed E-state index contributed by atoms with van der Waals surface area (Å²) in [6, 6.07) is 12.6. The summed E-state index contributed by atoms with van der Waals surface area (Å²) in [4.78, 5) is 14.0. The van der Waals surface area contributed by atoms with Crippen LogP contribution in [0.5, 0.6) is 0 Å². The van der Waals surface area contributed by atoms with Crippen LogP contribution in [0.2, 0.25) is 0 Å². The van der Waals surface area contributed by atoms with Gasteiger partial charge in [0.1, 0.15) is 0 Å². The van der Waals surface area contributed by atoms with E-state index in [2.05, 4.69) is 80.6 Å². The second-order valence-corrected chi connectivity index (χ2v) is 8.30. The van der Waals surface area contributed by atoms with E-state index >= 15 is 0 Å². The number of aromatic nitrogens is 4. The molecule has 5 rings (SSSR count). The molecule has 8 bridgehead atoms. The molecule has 164 valence electrons. The summed E-state index contributed by atoms with van der Waals surface area (Å²) >= 11 is 0. The first kappa shape index (κ1) is 20.4. The molecule has 6 N–H and O–H groups in total. The highest BCUT2D eigenvalue weighted by Crippen LogP contribution is 2.15. The maximum Gasteiger partial charge on any atom is 0.0438 e. The third-order valence-corrected chi connectivity index (χ3v) is 5.80. The topological polar surface area (TPSA) is 104 Å². The smallest absolute Gasteiger partial charge is 0.0438 e. The van der Waals surface area contributed by atoms with Crippen LogP contribution in [-0.4, -0.2) is 43.4 Å². The fourth-order valence-electron chi connectivity index (χ4n) is 4.28. The zero-order valence-electron chi connectivity index (χ0n) is 17.9. The number of nitrogens with one attached hydrogen (secondary N) is 4. The summed E-state index contributed by atoms with van der Waals surface area (Å²) in [6.45, 7) is 0.335. The largest absolute Gasteiger partial charge is 0.396 e. The van der Waals surface area contributed by atoms with E-state index in [1.54, 1.807) is 0 Å². The first-order valence-corrected chi connectivity index (χ1v) is 11.1. The molecule has 0 fully saturated rings. The Labute approximate surface area is 185 Å². The van der Waals surface area contributed by atoms with Gasteiger partial charge in [-0.25, -0.2) is 0 Å². The van der Waals surface area contributed by atoms with Gasteiger partial charge in [-0.2, -0.15) is 0 Å². The number of rotatable bonds is 6. The predicted molar refractivity (Wildman–Crippen MR) is 127 cm³/mol. The molecule has 0 saturated carbocycles. The van der Waals surface area contributed by atoms with Gasteiger partial charge in [0.05, 0.1) is 0 Å². The van der Waals surface area contributed by atoms with Crippen LogP contribution in [0, 0.1) is 0 Å². The third-order valence-electron chi connectivity index (χ3n) is 5.80. The van der Waals surface area contributed by atoms with Gasteiger partial charge in [-0.05, 0) is 97.5 Å². The van der Waals surface area contributed by atoms with Crippen molar-refractivity contribution >= 4 is 24.3 Å². The number of hydrogen-bond acceptors (Lipinski definition) is 2. The van der Waals surface area contributed by atoms with Gasteiger partial charge >= 0.3 is 0 Å².